The van der Waals surface area contributed by atoms with E-state index < -0.39 is 6.04 Å². The third kappa shape index (κ3) is 3.77. The molecule has 0 spiro atoms. The summed E-state index contributed by atoms with van der Waals surface area (Å²) in [6, 6.07) is 7.18. The van der Waals surface area contributed by atoms with Crippen molar-refractivity contribution in [1.82, 2.24) is 14.5 Å². The molecule has 4 aromatic rings. The van der Waals surface area contributed by atoms with Gasteiger partial charge in [0.15, 0.2) is 5.13 Å². The molecule has 29 heavy (non-hydrogen) atoms. The largest absolute Gasteiger partial charge is 0.300 e. The molecule has 1 amide bonds. The molecule has 1 unspecified atom stereocenters. The fourth-order valence-electron chi connectivity index (χ4n) is 3.28. The van der Waals surface area contributed by atoms with Crippen LogP contribution in [-0.2, 0) is 4.79 Å². The zero-order valence-corrected chi connectivity index (χ0v) is 18.9. The lowest BCUT2D eigenvalue weighted by Gasteiger charge is -2.17. The normalized spacial score (nSPS) is 12.2. The first-order chi connectivity index (χ1) is 14.0. The molecule has 9 heteroatoms. The maximum Gasteiger partial charge on any atom is 0.263 e. The van der Waals surface area contributed by atoms with Gasteiger partial charge in [0.05, 0.1) is 11.7 Å². The summed E-state index contributed by atoms with van der Waals surface area (Å²) in [5, 5.41) is 5.63. The van der Waals surface area contributed by atoms with Crippen molar-refractivity contribution in [2.24, 2.45) is 0 Å². The highest BCUT2D eigenvalue weighted by atomic mass is 79.9. The lowest BCUT2D eigenvalue weighted by molar-refractivity contribution is -0.119. The van der Waals surface area contributed by atoms with Crippen molar-refractivity contribution >= 4 is 59.9 Å². The van der Waals surface area contributed by atoms with E-state index >= 15 is 0 Å². The molecule has 0 aliphatic rings. The smallest absolute Gasteiger partial charge is 0.263 e. The molecule has 3 aromatic heterocycles. The summed E-state index contributed by atoms with van der Waals surface area (Å²) in [4.78, 5) is 36.5. The summed E-state index contributed by atoms with van der Waals surface area (Å²) in [6.07, 6.45) is 3.56. The van der Waals surface area contributed by atoms with Crippen LogP contribution >= 0.6 is 38.6 Å². The molecule has 0 aliphatic carbocycles. The molecule has 0 saturated carbocycles. The maximum absolute atomic E-state index is 13.4. The molecular formula is C20H17BrN4O2S2. The molecule has 4 rings (SSSR count). The van der Waals surface area contributed by atoms with Crippen LogP contribution < -0.4 is 10.9 Å². The summed E-state index contributed by atoms with van der Waals surface area (Å²) in [6.45, 7) is 3.86. The predicted octanol–water partition coefficient (Wildman–Crippen LogP) is 5.24. The second-order valence-electron chi connectivity index (χ2n) is 6.43. The number of thiophene rings is 1. The first-order valence-corrected chi connectivity index (χ1v) is 11.4. The van der Waals surface area contributed by atoms with Gasteiger partial charge in [-0.15, -0.1) is 22.7 Å². The van der Waals surface area contributed by atoms with Crippen LogP contribution in [0, 0.1) is 6.92 Å². The minimum Gasteiger partial charge on any atom is -0.300 e. The Kier molecular flexibility index (Phi) is 5.62. The third-order valence-corrected chi connectivity index (χ3v) is 6.86. The molecule has 6 nitrogen and oxygen atoms in total. The number of carbonyl (C=O) groups excluding carboxylic acids is 1. The summed E-state index contributed by atoms with van der Waals surface area (Å²) < 4.78 is 2.40. The van der Waals surface area contributed by atoms with Gasteiger partial charge in [0.2, 0.25) is 5.91 Å². The van der Waals surface area contributed by atoms with Gasteiger partial charge in [-0.2, -0.15) is 0 Å². The first-order valence-electron chi connectivity index (χ1n) is 8.96. The monoisotopic (exact) mass is 488 g/mol. The van der Waals surface area contributed by atoms with E-state index in [9.17, 15) is 9.59 Å². The van der Waals surface area contributed by atoms with Gasteiger partial charge in [0.25, 0.3) is 5.56 Å². The maximum atomic E-state index is 13.4. The number of amides is 1. The first kappa shape index (κ1) is 19.9. The number of aryl methyl sites for hydroxylation is 1. The molecule has 1 aromatic carbocycles. The van der Waals surface area contributed by atoms with Crippen molar-refractivity contribution in [3.8, 4) is 11.1 Å². The van der Waals surface area contributed by atoms with Gasteiger partial charge in [-0.1, -0.05) is 35.0 Å². The summed E-state index contributed by atoms with van der Waals surface area (Å²) >= 11 is 6.27. The standard InChI is InChI=1S/C20H17BrN4O2S2/c1-3-14(17(26)24-20-22-8-9-28-20)25-10-23-18-16(19(25)27)15(11(2)29-18)12-4-6-13(21)7-5-12/h4-10,14H,3H2,1-2H3,(H,22,24,26). The SMILES string of the molecule is CCC(C(=O)Nc1nccs1)n1cnc2sc(C)c(-c3ccc(Br)cc3)c2c1=O. The molecule has 1 atom stereocenters. The highest BCUT2D eigenvalue weighted by Crippen LogP contribution is 2.36. The van der Waals surface area contributed by atoms with Crippen LogP contribution in [0.2, 0.25) is 0 Å². The van der Waals surface area contributed by atoms with Gasteiger partial charge in [-0.25, -0.2) is 9.97 Å². The van der Waals surface area contributed by atoms with Gasteiger partial charge in [0.1, 0.15) is 10.9 Å². The van der Waals surface area contributed by atoms with Gasteiger partial charge in [0, 0.05) is 26.5 Å². The Morgan fingerprint density at radius 3 is 2.69 bits per heavy atom. The molecule has 0 bridgehead atoms. The topological polar surface area (TPSA) is 76.9 Å². The third-order valence-electron chi connectivity index (χ3n) is 4.63. The quantitative estimate of drug-likeness (QED) is 0.416. The molecule has 0 radical (unpaired) electrons. The zero-order chi connectivity index (χ0) is 20.5. The van der Waals surface area contributed by atoms with Crippen molar-refractivity contribution < 1.29 is 4.79 Å². The van der Waals surface area contributed by atoms with E-state index in [0.29, 0.717) is 21.8 Å². The van der Waals surface area contributed by atoms with Crippen molar-refractivity contribution in [1.29, 1.82) is 0 Å². The zero-order valence-electron chi connectivity index (χ0n) is 15.7. The highest BCUT2D eigenvalue weighted by molar-refractivity contribution is 9.10. The fraction of sp³-hybridized carbons (Fsp3) is 0.200. The van der Waals surface area contributed by atoms with E-state index in [2.05, 4.69) is 31.2 Å². The van der Waals surface area contributed by atoms with Crippen LogP contribution in [0.3, 0.4) is 0 Å². The summed E-state index contributed by atoms with van der Waals surface area (Å²) in [7, 11) is 0. The van der Waals surface area contributed by atoms with Gasteiger partial charge in [-0.05, 0) is 31.0 Å². The summed E-state index contributed by atoms with van der Waals surface area (Å²) in [5.74, 6) is -0.275. The van der Waals surface area contributed by atoms with Crippen molar-refractivity contribution in [2.75, 3.05) is 5.32 Å². The minimum atomic E-state index is -0.665. The number of rotatable bonds is 5. The average molecular weight is 489 g/mol. The number of aromatic nitrogens is 3. The Labute approximate surface area is 183 Å². The summed E-state index contributed by atoms with van der Waals surface area (Å²) in [5.41, 5.74) is 1.62. The predicted molar refractivity (Wildman–Crippen MR) is 122 cm³/mol. The van der Waals surface area contributed by atoms with Crippen LogP contribution in [0.15, 0.2) is 51.4 Å². The van der Waals surface area contributed by atoms with Gasteiger partial charge >= 0.3 is 0 Å². The van der Waals surface area contributed by atoms with Crippen LogP contribution in [-0.4, -0.2) is 20.4 Å². The van der Waals surface area contributed by atoms with Crippen molar-refractivity contribution in [3.05, 3.63) is 61.9 Å². The number of halogens is 1. The number of fused-ring (bicyclic) bond motifs is 1. The second-order valence-corrected chi connectivity index (χ2v) is 9.44. The number of benzene rings is 1. The minimum absolute atomic E-state index is 0.210. The molecule has 0 saturated heterocycles. The number of carbonyl (C=O) groups is 1. The van der Waals surface area contributed by atoms with E-state index in [-0.39, 0.29) is 11.5 Å². The van der Waals surface area contributed by atoms with Crippen molar-refractivity contribution in [3.63, 3.8) is 0 Å². The lowest BCUT2D eigenvalue weighted by Crippen LogP contribution is -2.33. The number of nitrogens with zero attached hydrogens (tertiary/aromatic N) is 3. The Balaban J connectivity index is 1.82. The molecule has 0 aliphatic heterocycles. The Morgan fingerprint density at radius 2 is 2.03 bits per heavy atom. The Bertz CT molecular complexity index is 1230. The molecular weight excluding hydrogens is 472 g/mol. The molecule has 3 heterocycles. The van der Waals surface area contributed by atoms with E-state index in [1.54, 1.807) is 11.6 Å². The molecule has 0 fully saturated rings. The second kappa shape index (κ2) is 8.17. The van der Waals surface area contributed by atoms with E-state index in [1.165, 1.54) is 33.6 Å². The Morgan fingerprint density at radius 1 is 1.28 bits per heavy atom. The number of hydrogen-bond acceptors (Lipinski definition) is 6. The number of hydrogen-bond donors (Lipinski definition) is 1. The lowest BCUT2D eigenvalue weighted by atomic mass is 10.0. The number of anilines is 1. The Hall–Kier alpha value is -2.36. The number of thiazole rings is 1. The van der Waals surface area contributed by atoms with E-state index in [1.807, 2.05) is 38.1 Å². The van der Waals surface area contributed by atoms with Crippen LogP contribution in [0.25, 0.3) is 21.3 Å². The van der Waals surface area contributed by atoms with Crippen LogP contribution in [0.4, 0.5) is 5.13 Å². The fourth-order valence-corrected chi connectivity index (χ4v) is 5.08. The van der Waals surface area contributed by atoms with E-state index in [0.717, 1.165) is 20.5 Å². The van der Waals surface area contributed by atoms with Crippen LogP contribution in [0.5, 0.6) is 0 Å². The molecule has 148 valence electrons. The van der Waals surface area contributed by atoms with Crippen molar-refractivity contribution in [2.45, 2.75) is 26.3 Å². The van der Waals surface area contributed by atoms with Gasteiger partial charge < -0.3 is 5.32 Å². The highest BCUT2D eigenvalue weighted by Gasteiger charge is 2.24. The van der Waals surface area contributed by atoms with Crippen LogP contribution in [0.1, 0.15) is 24.3 Å². The van der Waals surface area contributed by atoms with E-state index in [4.69, 9.17) is 0 Å². The average Bonchev–Trinajstić information content (AvgIpc) is 3.32. The van der Waals surface area contributed by atoms with Gasteiger partial charge in [-0.3, -0.25) is 14.2 Å². The molecule has 1 N–H and O–H groups in total. The number of nitrogens with one attached hydrogen (secondary N) is 1.